The molecule has 0 spiro atoms. The maximum absolute atomic E-state index is 12.2. The van der Waals surface area contributed by atoms with Crippen molar-refractivity contribution in [2.24, 2.45) is 0 Å². The highest BCUT2D eigenvalue weighted by Crippen LogP contribution is 2.19. The summed E-state index contributed by atoms with van der Waals surface area (Å²) in [5.41, 5.74) is 0.564. The molecule has 0 aliphatic rings. The van der Waals surface area contributed by atoms with Gasteiger partial charge in [0, 0.05) is 10.2 Å². The number of hydrogen-bond acceptors (Lipinski definition) is 4. The van der Waals surface area contributed by atoms with E-state index in [0.29, 0.717) is 5.69 Å². The van der Waals surface area contributed by atoms with Gasteiger partial charge < -0.3 is 4.74 Å². The van der Waals surface area contributed by atoms with Crippen molar-refractivity contribution in [3.8, 4) is 0 Å². The van der Waals surface area contributed by atoms with Crippen molar-refractivity contribution in [1.82, 2.24) is 0 Å². The SMILES string of the molecule is COC(=O)c1cccc(NS(=O)(=O)c2ccc(Br)cc2)c1. The lowest BCUT2D eigenvalue weighted by Gasteiger charge is -2.09. The van der Waals surface area contributed by atoms with E-state index in [4.69, 9.17) is 0 Å². The molecule has 0 radical (unpaired) electrons. The average Bonchev–Trinajstić information content (AvgIpc) is 2.46. The molecule has 0 heterocycles. The van der Waals surface area contributed by atoms with Gasteiger partial charge in [-0.3, -0.25) is 4.72 Å². The molecular weight excluding hydrogens is 358 g/mol. The van der Waals surface area contributed by atoms with Crippen molar-refractivity contribution in [3.05, 3.63) is 58.6 Å². The number of benzene rings is 2. The first-order chi connectivity index (χ1) is 9.92. The molecule has 2 aromatic rings. The number of halogens is 1. The van der Waals surface area contributed by atoms with Gasteiger partial charge in [0.05, 0.1) is 17.6 Å². The topological polar surface area (TPSA) is 72.5 Å². The van der Waals surface area contributed by atoms with E-state index in [1.165, 1.54) is 25.3 Å². The number of ether oxygens (including phenoxy) is 1. The van der Waals surface area contributed by atoms with Gasteiger partial charge in [0.25, 0.3) is 10.0 Å². The van der Waals surface area contributed by atoms with Crippen LogP contribution in [0.4, 0.5) is 5.69 Å². The Morgan fingerprint density at radius 2 is 1.81 bits per heavy atom. The molecule has 0 aromatic heterocycles. The Morgan fingerprint density at radius 1 is 1.14 bits per heavy atom. The average molecular weight is 370 g/mol. The highest BCUT2D eigenvalue weighted by molar-refractivity contribution is 9.10. The number of rotatable bonds is 4. The van der Waals surface area contributed by atoms with Crippen LogP contribution in [0.5, 0.6) is 0 Å². The monoisotopic (exact) mass is 369 g/mol. The third kappa shape index (κ3) is 3.83. The quantitative estimate of drug-likeness (QED) is 0.840. The fourth-order valence-electron chi connectivity index (χ4n) is 1.66. The molecule has 21 heavy (non-hydrogen) atoms. The van der Waals surface area contributed by atoms with Crippen LogP contribution >= 0.6 is 15.9 Å². The Hall–Kier alpha value is -1.86. The van der Waals surface area contributed by atoms with E-state index >= 15 is 0 Å². The highest BCUT2D eigenvalue weighted by Gasteiger charge is 2.15. The van der Waals surface area contributed by atoms with Crippen LogP contribution in [0.25, 0.3) is 0 Å². The van der Waals surface area contributed by atoms with E-state index in [-0.39, 0.29) is 10.5 Å². The first-order valence-corrected chi connectivity index (χ1v) is 8.17. The lowest BCUT2D eigenvalue weighted by atomic mass is 10.2. The van der Waals surface area contributed by atoms with Gasteiger partial charge in [-0.25, -0.2) is 13.2 Å². The third-order valence-corrected chi connectivity index (χ3v) is 4.59. The normalized spacial score (nSPS) is 11.0. The Morgan fingerprint density at radius 3 is 2.43 bits per heavy atom. The smallest absolute Gasteiger partial charge is 0.337 e. The minimum atomic E-state index is -3.70. The molecule has 0 atom stereocenters. The number of esters is 1. The molecular formula is C14H12BrNO4S. The Labute approximate surface area is 131 Å². The summed E-state index contributed by atoms with van der Waals surface area (Å²) in [6.45, 7) is 0. The number of methoxy groups -OCH3 is 1. The van der Waals surface area contributed by atoms with E-state index in [9.17, 15) is 13.2 Å². The molecule has 0 saturated carbocycles. The summed E-state index contributed by atoms with van der Waals surface area (Å²) in [6.07, 6.45) is 0. The Bertz CT molecular complexity index is 757. The zero-order valence-electron chi connectivity index (χ0n) is 11.0. The van der Waals surface area contributed by atoms with E-state index in [1.54, 1.807) is 30.3 Å². The molecule has 0 aliphatic carbocycles. The standard InChI is InChI=1S/C14H12BrNO4S/c1-20-14(17)10-3-2-4-12(9-10)16-21(18,19)13-7-5-11(15)6-8-13/h2-9,16H,1H3. The number of sulfonamides is 1. The summed E-state index contributed by atoms with van der Waals surface area (Å²) in [7, 11) is -2.44. The molecule has 0 fully saturated rings. The maximum Gasteiger partial charge on any atom is 0.337 e. The van der Waals surface area contributed by atoms with Gasteiger partial charge in [-0.1, -0.05) is 22.0 Å². The lowest BCUT2D eigenvalue weighted by Crippen LogP contribution is -2.13. The van der Waals surface area contributed by atoms with Gasteiger partial charge in [-0.05, 0) is 42.5 Å². The van der Waals surface area contributed by atoms with Crippen LogP contribution in [0.2, 0.25) is 0 Å². The molecule has 0 saturated heterocycles. The first kappa shape index (κ1) is 15.5. The number of nitrogens with one attached hydrogen (secondary N) is 1. The first-order valence-electron chi connectivity index (χ1n) is 5.89. The van der Waals surface area contributed by atoms with Crippen molar-refractivity contribution in [2.45, 2.75) is 4.90 Å². The number of carbonyl (C=O) groups excluding carboxylic acids is 1. The predicted molar refractivity (Wildman–Crippen MR) is 82.7 cm³/mol. The van der Waals surface area contributed by atoms with E-state index in [0.717, 1.165) is 4.47 Å². The van der Waals surface area contributed by atoms with Crippen LogP contribution in [-0.4, -0.2) is 21.5 Å². The van der Waals surface area contributed by atoms with Crippen LogP contribution in [0, 0.1) is 0 Å². The fraction of sp³-hybridized carbons (Fsp3) is 0.0714. The van der Waals surface area contributed by atoms with Gasteiger partial charge in [-0.15, -0.1) is 0 Å². The highest BCUT2D eigenvalue weighted by atomic mass is 79.9. The van der Waals surface area contributed by atoms with Crippen LogP contribution < -0.4 is 4.72 Å². The number of carbonyl (C=O) groups is 1. The largest absolute Gasteiger partial charge is 0.465 e. The van der Waals surface area contributed by atoms with Crippen molar-refractivity contribution in [3.63, 3.8) is 0 Å². The van der Waals surface area contributed by atoms with Gasteiger partial charge in [0.2, 0.25) is 0 Å². The second-order valence-corrected chi connectivity index (χ2v) is 6.73. The zero-order valence-corrected chi connectivity index (χ0v) is 13.4. The van der Waals surface area contributed by atoms with Gasteiger partial charge in [0.15, 0.2) is 0 Å². The predicted octanol–water partition coefficient (Wildman–Crippen LogP) is 3.04. The Kier molecular flexibility index (Phi) is 4.64. The second-order valence-electron chi connectivity index (χ2n) is 4.13. The van der Waals surface area contributed by atoms with Gasteiger partial charge in [0.1, 0.15) is 0 Å². The molecule has 110 valence electrons. The molecule has 0 bridgehead atoms. The number of hydrogen-bond donors (Lipinski definition) is 1. The zero-order chi connectivity index (χ0) is 15.5. The number of anilines is 1. The molecule has 2 rings (SSSR count). The minimum absolute atomic E-state index is 0.133. The molecule has 0 unspecified atom stereocenters. The van der Waals surface area contributed by atoms with Crippen molar-refractivity contribution < 1.29 is 17.9 Å². The van der Waals surface area contributed by atoms with Gasteiger partial charge >= 0.3 is 5.97 Å². The summed E-state index contributed by atoms with van der Waals surface area (Å²) in [5.74, 6) is -0.528. The summed E-state index contributed by atoms with van der Waals surface area (Å²) >= 11 is 3.25. The maximum atomic E-state index is 12.2. The Balaban J connectivity index is 2.28. The van der Waals surface area contributed by atoms with Crippen molar-refractivity contribution in [2.75, 3.05) is 11.8 Å². The van der Waals surface area contributed by atoms with Crippen LogP contribution in [0.1, 0.15) is 10.4 Å². The van der Waals surface area contributed by atoms with Crippen molar-refractivity contribution in [1.29, 1.82) is 0 Å². The third-order valence-electron chi connectivity index (χ3n) is 2.66. The fourth-order valence-corrected chi connectivity index (χ4v) is 2.97. The van der Waals surface area contributed by atoms with E-state index < -0.39 is 16.0 Å². The molecule has 0 amide bonds. The molecule has 5 nitrogen and oxygen atoms in total. The molecule has 2 aromatic carbocycles. The summed E-state index contributed by atoms with van der Waals surface area (Å²) < 4.78 is 32.2. The van der Waals surface area contributed by atoms with Crippen LogP contribution in [0.15, 0.2) is 57.9 Å². The van der Waals surface area contributed by atoms with E-state index in [1.807, 2.05) is 0 Å². The minimum Gasteiger partial charge on any atom is -0.465 e. The summed E-state index contributed by atoms with van der Waals surface area (Å²) in [6, 6.07) is 12.3. The van der Waals surface area contributed by atoms with E-state index in [2.05, 4.69) is 25.4 Å². The van der Waals surface area contributed by atoms with Crippen LogP contribution in [-0.2, 0) is 14.8 Å². The second kappa shape index (κ2) is 6.28. The molecule has 7 heteroatoms. The summed E-state index contributed by atoms with van der Waals surface area (Å²) in [5, 5.41) is 0. The molecule has 0 aliphatic heterocycles. The van der Waals surface area contributed by atoms with Crippen molar-refractivity contribution >= 4 is 37.6 Å². The molecule has 1 N–H and O–H groups in total. The van der Waals surface area contributed by atoms with Crippen LogP contribution in [0.3, 0.4) is 0 Å². The van der Waals surface area contributed by atoms with Gasteiger partial charge in [-0.2, -0.15) is 0 Å². The summed E-state index contributed by atoms with van der Waals surface area (Å²) in [4.78, 5) is 11.6. The lowest BCUT2D eigenvalue weighted by molar-refractivity contribution is 0.0601.